The van der Waals surface area contributed by atoms with Gasteiger partial charge in [0.1, 0.15) is 11.1 Å². The first-order valence-electron chi connectivity index (χ1n) is 10.3. The van der Waals surface area contributed by atoms with E-state index in [2.05, 4.69) is 20.5 Å². The summed E-state index contributed by atoms with van der Waals surface area (Å²) in [6, 6.07) is 11.1. The summed E-state index contributed by atoms with van der Waals surface area (Å²) in [6.45, 7) is 0. The molecule has 0 bridgehead atoms. The summed E-state index contributed by atoms with van der Waals surface area (Å²) in [5.74, 6) is 0.292. The van der Waals surface area contributed by atoms with Gasteiger partial charge in [0.15, 0.2) is 0 Å². The molecule has 0 spiro atoms. The molecule has 1 saturated carbocycles. The number of hydrogen-bond donors (Lipinski definition) is 3. The van der Waals surface area contributed by atoms with Crippen molar-refractivity contribution in [1.29, 1.82) is 0 Å². The molecule has 3 N–H and O–H groups in total. The Morgan fingerprint density at radius 2 is 1.88 bits per heavy atom. The van der Waals surface area contributed by atoms with Gasteiger partial charge in [-0.1, -0.05) is 41.5 Å². The Bertz CT molecular complexity index is 1070. The van der Waals surface area contributed by atoms with E-state index in [1.807, 2.05) is 24.3 Å². The lowest BCUT2D eigenvalue weighted by Gasteiger charge is -2.22. The highest BCUT2D eigenvalue weighted by Gasteiger charge is 2.16. The lowest BCUT2D eigenvalue weighted by molar-refractivity contribution is 0.102. The summed E-state index contributed by atoms with van der Waals surface area (Å²) in [6.07, 6.45) is 6.36. The topological polar surface area (TPSA) is 135 Å². The number of rotatable bonds is 6. The molecule has 1 aliphatic rings. The van der Waals surface area contributed by atoms with Crippen molar-refractivity contribution in [1.82, 2.24) is 15.2 Å². The van der Waals surface area contributed by atoms with E-state index in [0.717, 1.165) is 23.4 Å². The van der Waals surface area contributed by atoms with Crippen molar-refractivity contribution >= 4 is 40.1 Å². The second-order valence-corrected chi connectivity index (χ2v) is 8.81. The largest absolute Gasteiger partial charge is 0.503 e. The first-order valence-corrected chi connectivity index (χ1v) is 11.5. The molecule has 1 aliphatic carbocycles. The average Bonchev–Trinajstić information content (AvgIpc) is 3.21. The summed E-state index contributed by atoms with van der Waals surface area (Å²) >= 11 is 7.35. The van der Waals surface area contributed by atoms with Crippen molar-refractivity contribution < 1.29 is 24.5 Å². The van der Waals surface area contributed by atoms with Crippen LogP contribution < -0.4 is 10.1 Å². The van der Waals surface area contributed by atoms with E-state index >= 15 is 0 Å². The Morgan fingerprint density at radius 3 is 2.55 bits per heavy atom. The standard InChI is InChI=1S/C21H21ClN4O2S.CH2O3/c22-16-6-4-5-14(11-16)12-19-25-26-21(29-19)24-20(27)15-9-10-18(23-13-15)28-17-7-2-1-3-8-17;2-1(3)4/h4-6,9-11,13,17H,1-3,7-8,12H2,(H,24,26,27);(H2,2,3,4). The molecule has 4 rings (SSSR count). The van der Waals surface area contributed by atoms with Gasteiger partial charge < -0.3 is 14.9 Å². The van der Waals surface area contributed by atoms with Crippen LogP contribution in [0.3, 0.4) is 0 Å². The van der Waals surface area contributed by atoms with Gasteiger partial charge in [0.2, 0.25) is 11.0 Å². The molecule has 3 aromatic rings. The van der Waals surface area contributed by atoms with Crippen LogP contribution in [0.25, 0.3) is 0 Å². The number of ether oxygens (including phenoxy) is 1. The zero-order valence-corrected chi connectivity index (χ0v) is 19.2. The molecule has 9 nitrogen and oxygen atoms in total. The maximum atomic E-state index is 12.5. The number of carboxylic acid groups (broad SMARTS) is 2. The van der Waals surface area contributed by atoms with Crippen LogP contribution >= 0.6 is 22.9 Å². The molecular formula is C22H23ClN4O5S. The quantitative estimate of drug-likeness (QED) is 0.420. The van der Waals surface area contributed by atoms with Crippen molar-refractivity contribution in [3.63, 3.8) is 0 Å². The number of nitrogens with zero attached hydrogens (tertiary/aromatic N) is 3. The van der Waals surface area contributed by atoms with Gasteiger partial charge in [0, 0.05) is 23.7 Å². The van der Waals surface area contributed by atoms with E-state index in [1.54, 1.807) is 12.1 Å². The van der Waals surface area contributed by atoms with Crippen LogP contribution in [0.4, 0.5) is 9.93 Å². The van der Waals surface area contributed by atoms with E-state index < -0.39 is 6.16 Å². The predicted octanol–water partition coefficient (Wildman–Crippen LogP) is 5.36. The number of carbonyl (C=O) groups excluding carboxylic acids is 1. The lowest BCUT2D eigenvalue weighted by Crippen LogP contribution is -2.20. The Balaban J connectivity index is 0.000000709. The van der Waals surface area contributed by atoms with Crippen LogP contribution in [0.2, 0.25) is 5.02 Å². The van der Waals surface area contributed by atoms with Crippen molar-refractivity contribution in [3.8, 4) is 5.88 Å². The highest BCUT2D eigenvalue weighted by Crippen LogP contribution is 2.23. The minimum atomic E-state index is -1.83. The molecule has 2 aromatic heterocycles. The van der Waals surface area contributed by atoms with Crippen LogP contribution in [0.15, 0.2) is 42.6 Å². The van der Waals surface area contributed by atoms with Gasteiger partial charge in [-0.3, -0.25) is 10.1 Å². The SMILES string of the molecule is O=C(Nc1nnc(Cc2cccc(Cl)c2)s1)c1ccc(OC2CCCCC2)nc1.O=C(O)O. The summed E-state index contributed by atoms with van der Waals surface area (Å²) in [5.41, 5.74) is 1.50. The Labute approximate surface area is 199 Å². The molecule has 1 fully saturated rings. The van der Waals surface area contributed by atoms with Gasteiger partial charge in [0.25, 0.3) is 5.91 Å². The number of anilines is 1. The third-order valence-electron chi connectivity index (χ3n) is 4.77. The second-order valence-electron chi connectivity index (χ2n) is 7.31. The highest BCUT2D eigenvalue weighted by molar-refractivity contribution is 7.15. The molecule has 11 heteroatoms. The zero-order valence-electron chi connectivity index (χ0n) is 17.6. The Hall–Kier alpha value is -3.24. The van der Waals surface area contributed by atoms with E-state index in [4.69, 9.17) is 31.3 Å². The van der Waals surface area contributed by atoms with Crippen LogP contribution in [0.1, 0.15) is 53.0 Å². The fourth-order valence-corrected chi connectivity index (χ4v) is 4.29. The average molecular weight is 491 g/mol. The van der Waals surface area contributed by atoms with E-state index in [1.165, 1.54) is 36.8 Å². The van der Waals surface area contributed by atoms with E-state index in [9.17, 15) is 4.79 Å². The molecule has 1 amide bonds. The van der Waals surface area contributed by atoms with Gasteiger partial charge in [-0.2, -0.15) is 0 Å². The maximum absolute atomic E-state index is 12.5. The maximum Gasteiger partial charge on any atom is 0.503 e. The van der Waals surface area contributed by atoms with E-state index in [0.29, 0.717) is 28.0 Å². The molecule has 2 heterocycles. The monoisotopic (exact) mass is 490 g/mol. The van der Waals surface area contributed by atoms with Gasteiger partial charge in [0.05, 0.1) is 5.56 Å². The zero-order chi connectivity index (χ0) is 23.6. The smallest absolute Gasteiger partial charge is 0.474 e. The summed E-state index contributed by atoms with van der Waals surface area (Å²) in [5, 5.41) is 26.9. The second kappa shape index (κ2) is 12.1. The number of benzene rings is 1. The van der Waals surface area contributed by atoms with Crippen LogP contribution in [-0.2, 0) is 6.42 Å². The summed E-state index contributed by atoms with van der Waals surface area (Å²) in [7, 11) is 0. The van der Waals surface area contributed by atoms with Crippen molar-refractivity contribution in [3.05, 3.63) is 63.8 Å². The van der Waals surface area contributed by atoms with Gasteiger partial charge >= 0.3 is 6.16 Å². The summed E-state index contributed by atoms with van der Waals surface area (Å²) < 4.78 is 5.90. The number of aromatic nitrogens is 3. The Kier molecular flexibility index (Phi) is 8.96. The van der Waals surface area contributed by atoms with Gasteiger partial charge in [-0.05, 0) is 49.4 Å². The third-order valence-corrected chi connectivity index (χ3v) is 5.84. The minimum absolute atomic E-state index is 0.232. The molecule has 0 aliphatic heterocycles. The molecule has 0 saturated heterocycles. The normalized spacial score (nSPS) is 13.5. The Morgan fingerprint density at radius 1 is 1.12 bits per heavy atom. The molecule has 0 unspecified atom stereocenters. The number of amides is 1. The predicted molar refractivity (Wildman–Crippen MR) is 125 cm³/mol. The molecule has 33 heavy (non-hydrogen) atoms. The number of pyridine rings is 1. The van der Waals surface area contributed by atoms with Crippen LogP contribution in [0.5, 0.6) is 5.88 Å². The first kappa shape index (κ1) is 24.4. The molecule has 0 radical (unpaired) electrons. The van der Waals surface area contributed by atoms with Gasteiger partial charge in [-0.15, -0.1) is 10.2 Å². The minimum Gasteiger partial charge on any atom is -0.474 e. The van der Waals surface area contributed by atoms with Gasteiger partial charge in [-0.25, -0.2) is 9.78 Å². The summed E-state index contributed by atoms with van der Waals surface area (Å²) in [4.78, 5) is 25.3. The first-order chi connectivity index (χ1) is 15.9. The van der Waals surface area contributed by atoms with Crippen molar-refractivity contribution in [2.45, 2.75) is 44.6 Å². The van der Waals surface area contributed by atoms with Crippen LogP contribution in [-0.4, -0.2) is 43.6 Å². The highest BCUT2D eigenvalue weighted by atomic mass is 35.5. The van der Waals surface area contributed by atoms with Crippen molar-refractivity contribution in [2.24, 2.45) is 0 Å². The molecule has 0 atom stereocenters. The molecule has 174 valence electrons. The van der Waals surface area contributed by atoms with Crippen LogP contribution in [0, 0.1) is 0 Å². The fourth-order valence-electron chi connectivity index (χ4n) is 3.30. The van der Waals surface area contributed by atoms with Crippen molar-refractivity contribution in [2.75, 3.05) is 5.32 Å². The number of hydrogen-bond acceptors (Lipinski definition) is 7. The number of nitrogens with one attached hydrogen (secondary N) is 1. The number of carbonyl (C=O) groups is 2. The van der Waals surface area contributed by atoms with E-state index in [-0.39, 0.29) is 12.0 Å². The molecular weight excluding hydrogens is 468 g/mol. The molecule has 1 aromatic carbocycles. The number of halogens is 1. The third kappa shape index (κ3) is 8.32. The lowest BCUT2D eigenvalue weighted by atomic mass is 9.98. The fraction of sp³-hybridized carbons (Fsp3) is 0.318.